The Kier molecular flexibility index (Phi) is 2.87. The summed E-state index contributed by atoms with van der Waals surface area (Å²) in [6.07, 6.45) is 4.57. The molecule has 0 saturated heterocycles. The summed E-state index contributed by atoms with van der Waals surface area (Å²) >= 11 is 5.78. The van der Waals surface area contributed by atoms with Crippen LogP contribution in [0.5, 0.6) is 0 Å². The molecule has 0 aliphatic heterocycles. The summed E-state index contributed by atoms with van der Waals surface area (Å²) in [4.78, 5) is 19.6. The van der Waals surface area contributed by atoms with Gasteiger partial charge in [0.05, 0.1) is 12.5 Å². The molecule has 1 N–H and O–H groups in total. The molecule has 1 amide bonds. The highest BCUT2D eigenvalue weighted by Gasteiger charge is 2.10. The Morgan fingerprint density at radius 2 is 2.38 bits per heavy atom. The number of imidazole rings is 1. The lowest BCUT2D eigenvalue weighted by atomic mass is 10.4. The van der Waals surface area contributed by atoms with Gasteiger partial charge < -0.3 is 9.88 Å². The Balaban J connectivity index is 2.17. The van der Waals surface area contributed by atoms with Crippen LogP contribution in [0.1, 0.15) is 10.5 Å². The van der Waals surface area contributed by atoms with Crippen molar-refractivity contribution in [3.63, 3.8) is 0 Å². The third-order valence-electron chi connectivity index (χ3n) is 2.01. The third kappa shape index (κ3) is 2.20. The maximum Gasteiger partial charge on any atom is 0.275 e. The first-order valence-electron chi connectivity index (χ1n) is 4.56. The molecule has 0 spiro atoms. The highest BCUT2D eigenvalue weighted by Crippen LogP contribution is 2.12. The molecule has 2 rings (SSSR count). The van der Waals surface area contributed by atoms with E-state index in [4.69, 9.17) is 11.6 Å². The van der Waals surface area contributed by atoms with Crippen LogP contribution in [0.25, 0.3) is 0 Å². The summed E-state index contributed by atoms with van der Waals surface area (Å²) in [6, 6.07) is 3.22. The number of aryl methyl sites for hydroxylation is 1. The number of carbonyl (C=O) groups is 1. The second-order valence-corrected chi connectivity index (χ2v) is 3.64. The third-order valence-corrected chi connectivity index (χ3v) is 2.25. The highest BCUT2D eigenvalue weighted by atomic mass is 35.5. The largest absolute Gasteiger partial charge is 0.330 e. The Bertz CT molecular complexity index is 523. The first kappa shape index (κ1) is 10.6. The minimum atomic E-state index is -0.269. The van der Waals surface area contributed by atoms with Crippen LogP contribution in [-0.4, -0.2) is 20.4 Å². The number of nitrogens with zero attached hydrogens (tertiary/aromatic N) is 3. The molecule has 2 aromatic heterocycles. The minimum absolute atomic E-state index is 0.269. The van der Waals surface area contributed by atoms with E-state index in [1.165, 1.54) is 12.4 Å². The van der Waals surface area contributed by atoms with Gasteiger partial charge >= 0.3 is 0 Å². The summed E-state index contributed by atoms with van der Waals surface area (Å²) in [5, 5.41) is 3.15. The van der Waals surface area contributed by atoms with Gasteiger partial charge in [-0.05, 0) is 12.1 Å². The number of aromatic nitrogens is 3. The zero-order chi connectivity index (χ0) is 11.5. The Morgan fingerprint density at radius 1 is 1.56 bits per heavy atom. The van der Waals surface area contributed by atoms with Crippen LogP contribution in [0.3, 0.4) is 0 Å². The van der Waals surface area contributed by atoms with E-state index >= 15 is 0 Å². The number of carbonyl (C=O) groups excluding carboxylic acids is 1. The van der Waals surface area contributed by atoms with Crippen LogP contribution >= 0.6 is 11.6 Å². The van der Waals surface area contributed by atoms with Crippen molar-refractivity contribution >= 4 is 23.3 Å². The molecule has 0 atom stereocenters. The molecule has 0 saturated carbocycles. The van der Waals surface area contributed by atoms with Crippen molar-refractivity contribution in [2.75, 3.05) is 5.32 Å². The lowest BCUT2D eigenvalue weighted by Gasteiger charge is -2.04. The smallest absolute Gasteiger partial charge is 0.275 e. The van der Waals surface area contributed by atoms with E-state index in [0.29, 0.717) is 16.5 Å². The number of nitrogens with one attached hydrogen (secondary N) is 1. The van der Waals surface area contributed by atoms with Crippen LogP contribution in [-0.2, 0) is 7.05 Å². The first-order valence-corrected chi connectivity index (χ1v) is 4.94. The summed E-state index contributed by atoms with van der Waals surface area (Å²) in [5.41, 5.74) is 0.460. The van der Waals surface area contributed by atoms with Crippen LogP contribution in [0, 0.1) is 0 Å². The van der Waals surface area contributed by atoms with Gasteiger partial charge in [-0.3, -0.25) is 4.79 Å². The van der Waals surface area contributed by atoms with E-state index < -0.39 is 0 Å². The maximum atomic E-state index is 11.8. The monoisotopic (exact) mass is 236 g/mol. The minimum Gasteiger partial charge on any atom is -0.330 e. The average molecular weight is 237 g/mol. The summed E-state index contributed by atoms with van der Waals surface area (Å²) in [7, 11) is 1.74. The standard InChI is InChI=1S/C10H9ClN4O/c1-15-6-12-5-8(15)10(16)14-9-4-7(11)2-3-13-9/h2-6H,1H3,(H,13,14,16). The lowest BCUT2D eigenvalue weighted by molar-refractivity contribution is 0.101. The zero-order valence-electron chi connectivity index (χ0n) is 8.51. The normalized spacial score (nSPS) is 10.1. The number of anilines is 1. The summed E-state index contributed by atoms with van der Waals surface area (Å²) < 4.78 is 1.62. The van der Waals surface area contributed by atoms with Crippen molar-refractivity contribution in [1.82, 2.24) is 14.5 Å². The van der Waals surface area contributed by atoms with Crippen molar-refractivity contribution in [1.29, 1.82) is 0 Å². The second kappa shape index (κ2) is 4.32. The van der Waals surface area contributed by atoms with Gasteiger partial charge in [-0.25, -0.2) is 9.97 Å². The van der Waals surface area contributed by atoms with Gasteiger partial charge in [-0.1, -0.05) is 11.6 Å². The van der Waals surface area contributed by atoms with Crippen molar-refractivity contribution < 1.29 is 4.79 Å². The van der Waals surface area contributed by atoms with Gasteiger partial charge in [0.15, 0.2) is 0 Å². The molecule has 6 heteroatoms. The molecular formula is C10H9ClN4O. The molecule has 82 valence electrons. The average Bonchev–Trinajstić information content (AvgIpc) is 2.64. The lowest BCUT2D eigenvalue weighted by Crippen LogP contribution is -2.15. The fourth-order valence-electron chi connectivity index (χ4n) is 1.23. The molecule has 0 radical (unpaired) electrons. The molecule has 0 aliphatic rings. The Labute approximate surface area is 97.1 Å². The Morgan fingerprint density at radius 3 is 3.00 bits per heavy atom. The molecule has 16 heavy (non-hydrogen) atoms. The molecule has 2 aromatic rings. The summed E-state index contributed by atoms with van der Waals surface area (Å²) in [6.45, 7) is 0. The van der Waals surface area contributed by atoms with E-state index in [0.717, 1.165) is 0 Å². The predicted molar refractivity (Wildman–Crippen MR) is 60.4 cm³/mol. The van der Waals surface area contributed by atoms with Crippen LogP contribution in [0.15, 0.2) is 30.9 Å². The molecule has 0 fully saturated rings. The highest BCUT2D eigenvalue weighted by molar-refractivity contribution is 6.30. The van der Waals surface area contributed by atoms with Crippen LogP contribution in [0.2, 0.25) is 5.02 Å². The summed E-state index contributed by atoms with van der Waals surface area (Å²) in [5.74, 6) is 0.147. The Hall–Kier alpha value is -1.88. The topological polar surface area (TPSA) is 59.8 Å². The number of halogens is 1. The van der Waals surface area contributed by atoms with E-state index in [1.807, 2.05) is 0 Å². The van der Waals surface area contributed by atoms with E-state index in [1.54, 1.807) is 30.1 Å². The van der Waals surface area contributed by atoms with Gasteiger partial charge in [-0.2, -0.15) is 0 Å². The fourth-order valence-corrected chi connectivity index (χ4v) is 1.39. The number of hydrogen-bond donors (Lipinski definition) is 1. The van der Waals surface area contributed by atoms with Gasteiger partial charge in [0, 0.05) is 18.3 Å². The number of pyridine rings is 1. The quantitative estimate of drug-likeness (QED) is 0.864. The molecular weight excluding hydrogens is 228 g/mol. The first-order chi connectivity index (χ1) is 7.66. The SMILES string of the molecule is Cn1cncc1C(=O)Nc1cc(Cl)ccn1. The predicted octanol–water partition coefficient (Wildman–Crippen LogP) is 1.72. The maximum absolute atomic E-state index is 11.8. The second-order valence-electron chi connectivity index (χ2n) is 3.20. The van der Waals surface area contributed by atoms with Crippen LogP contribution in [0.4, 0.5) is 5.82 Å². The van der Waals surface area contributed by atoms with Gasteiger partial charge in [0.2, 0.25) is 0 Å². The number of amides is 1. The van der Waals surface area contributed by atoms with Crippen LogP contribution < -0.4 is 5.32 Å². The van der Waals surface area contributed by atoms with Crippen molar-refractivity contribution in [3.8, 4) is 0 Å². The van der Waals surface area contributed by atoms with E-state index in [-0.39, 0.29) is 5.91 Å². The van der Waals surface area contributed by atoms with Crippen molar-refractivity contribution in [2.24, 2.45) is 7.05 Å². The molecule has 2 heterocycles. The van der Waals surface area contributed by atoms with Crippen molar-refractivity contribution in [3.05, 3.63) is 41.6 Å². The molecule has 0 bridgehead atoms. The molecule has 5 nitrogen and oxygen atoms in total. The fraction of sp³-hybridized carbons (Fsp3) is 0.100. The molecule has 0 unspecified atom stereocenters. The van der Waals surface area contributed by atoms with Gasteiger partial charge in [-0.15, -0.1) is 0 Å². The van der Waals surface area contributed by atoms with Gasteiger partial charge in [0.25, 0.3) is 5.91 Å². The van der Waals surface area contributed by atoms with E-state index in [2.05, 4.69) is 15.3 Å². The number of hydrogen-bond acceptors (Lipinski definition) is 3. The number of rotatable bonds is 2. The van der Waals surface area contributed by atoms with Gasteiger partial charge in [0.1, 0.15) is 11.5 Å². The zero-order valence-corrected chi connectivity index (χ0v) is 9.27. The molecule has 0 aliphatic carbocycles. The molecule has 0 aromatic carbocycles. The van der Waals surface area contributed by atoms with Crippen molar-refractivity contribution in [2.45, 2.75) is 0 Å². The van der Waals surface area contributed by atoms with E-state index in [9.17, 15) is 4.79 Å².